The van der Waals surface area contributed by atoms with E-state index in [4.69, 9.17) is 0 Å². The summed E-state index contributed by atoms with van der Waals surface area (Å²) in [6.07, 6.45) is 2.50. The number of hydrogen-bond acceptors (Lipinski definition) is 4. The summed E-state index contributed by atoms with van der Waals surface area (Å²) >= 11 is 0. The highest BCUT2D eigenvalue weighted by molar-refractivity contribution is 5.97. The van der Waals surface area contributed by atoms with Gasteiger partial charge in [0.15, 0.2) is 0 Å². The third-order valence-corrected chi connectivity index (χ3v) is 4.09. The molecule has 1 saturated carbocycles. The lowest BCUT2D eigenvalue weighted by Gasteiger charge is -2.31. The van der Waals surface area contributed by atoms with Crippen LogP contribution in [0.2, 0.25) is 0 Å². The zero-order chi connectivity index (χ0) is 16.1. The van der Waals surface area contributed by atoms with Crippen molar-refractivity contribution in [3.63, 3.8) is 0 Å². The number of carboxylic acids is 1. The van der Waals surface area contributed by atoms with E-state index in [0.717, 1.165) is 18.4 Å². The number of rotatable bonds is 3. The second-order valence-electron chi connectivity index (χ2n) is 5.57. The molecule has 2 atom stereocenters. The maximum absolute atomic E-state index is 12.1. The van der Waals surface area contributed by atoms with Gasteiger partial charge < -0.3 is 9.90 Å². The highest BCUT2D eigenvalue weighted by Gasteiger charge is 2.32. The van der Waals surface area contributed by atoms with E-state index in [2.05, 4.69) is 10.9 Å². The number of carboxylic acid groups (broad SMARTS) is 1. The molecule has 1 aromatic rings. The lowest BCUT2D eigenvalue weighted by Crippen LogP contribution is -2.49. The number of amides is 2. The first-order valence-electron chi connectivity index (χ1n) is 7.37. The van der Waals surface area contributed by atoms with Crippen LogP contribution in [0.1, 0.15) is 41.6 Å². The van der Waals surface area contributed by atoms with Crippen LogP contribution >= 0.6 is 0 Å². The van der Waals surface area contributed by atoms with Gasteiger partial charge in [-0.2, -0.15) is 0 Å². The van der Waals surface area contributed by atoms with Crippen molar-refractivity contribution in [3.05, 3.63) is 35.4 Å². The molecule has 0 aromatic heterocycles. The number of hydrazine groups is 1. The molecule has 2 rings (SSSR count). The van der Waals surface area contributed by atoms with Gasteiger partial charge in [0.1, 0.15) is 0 Å². The van der Waals surface area contributed by atoms with Gasteiger partial charge in [-0.1, -0.05) is 31.0 Å². The number of carbonyl (C=O) groups excluding carboxylic acids is 3. The molecule has 6 nitrogen and oxygen atoms in total. The van der Waals surface area contributed by atoms with Gasteiger partial charge in [-0.05, 0) is 31.4 Å². The normalized spacial score (nSPS) is 21.0. The topological polar surface area (TPSA) is 98.3 Å². The van der Waals surface area contributed by atoms with Crippen molar-refractivity contribution in [2.75, 3.05) is 0 Å². The highest BCUT2D eigenvalue weighted by Crippen LogP contribution is 2.29. The van der Waals surface area contributed by atoms with Crippen LogP contribution < -0.4 is 16.0 Å². The molecular weight excluding hydrogens is 284 g/mol. The van der Waals surface area contributed by atoms with E-state index in [1.165, 1.54) is 0 Å². The van der Waals surface area contributed by atoms with Crippen LogP contribution in [0.3, 0.4) is 0 Å². The predicted octanol–water partition coefficient (Wildman–Crippen LogP) is 0.312. The predicted molar refractivity (Wildman–Crippen MR) is 77.2 cm³/mol. The van der Waals surface area contributed by atoms with Crippen molar-refractivity contribution >= 4 is 17.8 Å². The molecular formula is C16H19N2O4-. The Morgan fingerprint density at radius 2 is 1.68 bits per heavy atom. The number of nitrogens with one attached hydrogen (secondary N) is 2. The molecule has 0 heterocycles. The second-order valence-corrected chi connectivity index (χ2v) is 5.57. The quantitative estimate of drug-likeness (QED) is 0.785. The Morgan fingerprint density at radius 1 is 1.05 bits per heavy atom. The minimum Gasteiger partial charge on any atom is -0.550 e. The SMILES string of the molecule is Cc1ccccc1C(=O)NNC(=O)C1CCCCC1C(=O)[O-]. The van der Waals surface area contributed by atoms with E-state index >= 15 is 0 Å². The zero-order valence-corrected chi connectivity index (χ0v) is 12.4. The molecule has 2 N–H and O–H groups in total. The molecule has 2 amide bonds. The van der Waals surface area contributed by atoms with Crippen LogP contribution in [0.25, 0.3) is 0 Å². The Balaban J connectivity index is 1.96. The minimum atomic E-state index is -1.20. The van der Waals surface area contributed by atoms with Crippen molar-refractivity contribution in [2.45, 2.75) is 32.6 Å². The first-order valence-corrected chi connectivity index (χ1v) is 7.37. The third kappa shape index (κ3) is 3.63. The van der Waals surface area contributed by atoms with E-state index < -0.39 is 29.6 Å². The molecule has 0 bridgehead atoms. The monoisotopic (exact) mass is 303 g/mol. The molecule has 1 aliphatic rings. The molecule has 0 aliphatic heterocycles. The fraction of sp³-hybridized carbons (Fsp3) is 0.438. The van der Waals surface area contributed by atoms with Crippen LogP contribution in [0, 0.1) is 18.8 Å². The Bertz CT molecular complexity index is 585. The molecule has 1 fully saturated rings. The first kappa shape index (κ1) is 16.0. The van der Waals surface area contributed by atoms with Crippen molar-refractivity contribution in [1.82, 2.24) is 10.9 Å². The number of aryl methyl sites for hydroxylation is 1. The number of hydrogen-bond donors (Lipinski definition) is 2. The van der Waals surface area contributed by atoms with Crippen molar-refractivity contribution in [3.8, 4) is 0 Å². The number of benzene rings is 1. The minimum absolute atomic E-state index is 0.424. The average Bonchev–Trinajstić information content (AvgIpc) is 2.52. The fourth-order valence-corrected chi connectivity index (χ4v) is 2.83. The molecule has 6 heteroatoms. The van der Waals surface area contributed by atoms with Gasteiger partial charge in [-0.15, -0.1) is 0 Å². The first-order chi connectivity index (χ1) is 10.5. The standard InChI is InChI=1S/C16H20N2O4/c1-10-6-2-3-7-11(10)14(19)17-18-15(20)12-8-4-5-9-13(12)16(21)22/h2-3,6-7,12-13H,4-5,8-9H2,1H3,(H,17,19)(H,18,20)(H,21,22)/p-1. The van der Waals surface area contributed by atoms with Crippen molar-refractivity contribution in [1.29, 1.82) is 0 Å². The summed E-state index contributed by atoms with van der Waals surface area (Å²) in [5, 5.41) is 11.1. The summed E-state index contributed by atoms with van der Waals surface area (Å²) in [5.41, 5.74) is 5.93. The molecule has 1 aliphatic carbocycles. The summed E-state index contributed by atoms with van der Waals surface area (Å²) in [5.74, 6) is -3.55. The summed E-state index contributed by atoms with van der Waals surface area (Å²) in [7, 11) is 0. The Morgan fingerprint density at radius 3 is 2.32 bits per heavy atom. The smallest absolute Gasteiger partial charge is 0.269 e. The molecule has 118 valence electrons. The van der Waals surface area contributed by atoms with E-state index in [1.807, 2.05) is 6.07 Å². The van der Waals surface area contributed by atoms with E-state index in [1.54, 1.807) is 25.1 Å². The molecule has 2 unspecified atom stereocenters. The Hall–Kier alpha value is -2.37. The summed E-state index contributed by atoms with van der Waals surface area (Å²) in [6, 6.07) is 7.00. The van der Waals surface area contributed by atoms with Gasteiger partial charge in [0.25, 0.3) is 5.91 Å². The number of carbonyl (C=O) groups is 3. The van der Waals surface area contributed by atoms with Crippen molar-refractivity contribution in [2.24, 2.45) is 11.8 Å². The van der Waals surface area contributed by atoms with E-state index in [0.29, 0.717) is 18.4 Å². The number of aliphatic carboxylic acids is 1. The Kier molecular flexibility index (Phi) is 5.14. The van der Waals surface area contributed by atoms with Gasteiger partial charge in [0.05, 0.1) is 0 Å². The van der Waals surface area contributed by atoms with Gasteiger partial charge in [0.2, 0.25) is 5.91 Å². The molecule has 0 radical (unpaired) electrons. The average molecular weight is 303 g/mol. The van der Waals surface area contributed by atoms with Gasteiger partial charge in [0, 0.05) is 23.4 Å². The summed E-state index contributed by atoms with van der Waals surface area (Å²) in [6.45, 7) is 1.80. The fourth-order valence-electron chi connectivity index (χ4n) is 2.83. The van der Waals surface area contributed by atoms with Gasteiger partial charge in [-0.3, -0.25) is 20.4 Å². The molecule has 1 aromatic carbocycles. The second kappa shape index (κ2) is 7.06. The van der Waals surface area contributed by atoms with Crippen LogP contribution in [-0.4, -0.2) is 17.8 Å². The third-order valence-electron chi connectivity index (χ3n) is 4.09. The maximum Gasteiger partial charge on any atom is 0.269 e. The molecule has 22 heavy (non-hydrogen) atoms. The van der Waals surface area contributed by atoms with Crippen LogP contribution in [-0.2, 0) is 9.59 Å². The van der Waals surface area contributed by atoms with Crippen LogP contribution in [0.4, 0.5) is 0 Å². The lowest BCUT2D eigenvalue weighted by molar-refractivity contribution is -0.314. The summed E-state index contributed by atoms with van der Waals surface area (Å²) in [4.78, 5) is 35.2. The van der Waals surface area contributed by atoms with Crippen molar-refractivity contribution < 1.29 is 19.5 Å². The molecule has 0 spiro atoms. The van der Waals surface area contributed by atoms with Gasteiger partial charge >= 0.3 is 0 Å². The Labute approximate surface area is 128 Å². The zero-order valence-electron chi connectivity index (χ0n) is 12.4. The molecule has 0 saturated heterocycles. The summed E-state index contributed by atoms with van der Waals surface area (Å²) < 4.78 is 0. The van der Waals surface area contributed by atoms with Gasteiger partial charge in [-0.25, -0.2) is 0 Å². The van der Waals surface area contributed by atoms with Crippen LogP contribution in [0.15, 0.2) is 24.3 Å². The lowest BCUT2D eigenvalue weighted by atomic mass is 9.79. The van der Waals surface area contributed by atoms with E-state index in [9.17, 15) is 19.5 Å². The highest BCUT2D eigenvalue weighted by atomic mass is 16.4. The maximum atomic E-state index is 12.1. The van der Waals surface area contributed by atoms with E-state index in [-0.39, 0.29) is 0 Å². The largest absolute Gasteiger partial charge is 0.550 e. The van der Waals surface area contributed by atoms with Crippen LogP contribution in [0.5, 0.6) is 0 Å².